The van der Waals surface area contributed by atoms with E-state index in [1.54, 1.807) is 44.4 Å². The van der Waals surface area contributed by atoms with Gasteiger partial charge in [0, 0.05) is 19.2 Å². The fourth-order valence-electron chi connectivity index (χ4n) is 3.85. The van der Waals surface area contributed by atoms with Crippen molar-refractivity contribution in [3.8, 4) is 17.2 Å². The first-order valence-electron chi connectivity index (χ1n) is 12.3. The maximum absolute atomic E-state index is 13.7. The summed E-state index contributed by atoms with van der Waals surface area (Å²) in [5, 5.41) is 2.86. The zero-order valence-corrected chi connectivity index (χ0v) is 22.5. The summed E-state index contributed by atoms with van der Waals surface area (Å²) in [6.07, 6.45) is 1.73. The second-order valence-electron chi connectivity index (χ2n) is 8.64. The lowest BCUT2D eigenvalue weighted by Crippen LogP contribution is -2.51. The van der Waals surface area contributed by atoms with Crippen molar-refractivity contribution >= 4 is 27.5 Å². The summed E-state index contributed by atoms with van der Waals surface area (Å²) in [7, 11) is -2.29. The zero-order chi connectivity index (χ0) is 27.0. The van der Waals surface area contributed by atoms with E-state index >= 15 is 0 Å². The Morgan fingerprint density at radius 1 is 1.11 bits per heavy atom. The Kier molecular flexibility index (Phi) is 9.62. The zero-order valence-electron chi connectivity index (χ0n) is 21.7. The van der Waals surface area contributed by atoms with Crippen LogP contribution in [0, 0.1) is 0 Å². The summed E-state index contributed by atoms with van der Waals surface area (Å²) in [4.78, 5) is 28.0. The first kappa shape index (κ1) is 28.1. The lowest BCUT2D eigenvalue weighted by Gasteiger charge is -2.32. The van der Waals surface area contributed by atoms with Gasteiger partial charge in [0.2, 0.25) is 28.6 Å². The van der Waals surface area contributed by atoms with Crippen LogP contribution in [0.25, 0.3) is 0 Å². The van der Waals surface area contributed by atoms with Crippen molar-refractivity contribution in [2.75, 3.05) is 37.1 Å². The molecule has 0 aromatic heterocycles. The van der Waals surface area contributed by atoms with Gasteiger partial charge in [0.05, 0.1) is 18.6 Å². The van der Waals surface area contributed by atoms with Gasteiger partial charge in [-0.15, -0.1) is 0 Å². The molecule has 37 heavy (non-hydrogen) atoms. The van der Waals surface area contributed by atoms with Crippen LogP contribution in [-0.2, 0) is 26.2 Å². The standard InChI is InChI=1S/C26H35N3O7S/c1-5-7-13-27-26(31)19(3)28(16-20-9-8-10-22(14-20)34-4)25(30)17-29(37(32,33)6-2)21-11-12-23-24(15-21)36-18-35-23/h8-12,14-15,19H,5-7,13,16-18H2,1-4H3,(H,27,31)/t19-/m0/s1. The fraction of sp³-hybridized carbons (Fsp3) is 0.462. The summed E-state index contributed by atoms with van der Waals surface area (Å²) in [6, 6.07) is 11.1. The molecule has 0 unspecified atom stereocenters. The Hall–Kier alpha value is -3.47. The number of hydrogen-bond acceptors (Lipinski definition) is 7. The molecule has 0 bridgehead atoms. The van der Waals surface area contributed by atoms with Crippen molar-refractivity contribution in [3.63, 3.8) is 0 Å². The molecule has 10 nitrogen and oxygen atoms in total. The number of hydrogen-bond donors (Lipinski definition) is 1. The summed E-state index contributed by atoms with van der Waals surface area (Å²) >= 11 is 0. The molecular weight excluding hydrogens is 498 g/mol. The summed E-state index contributed by atoms with van der Waals surface area (Å²) in [6.45, 7) is 5.32. The van der Waals surface area contributed by atoms with Crippen molar-refractivity contribution < 1.29 is 32.2 Å². The number of unbranched alkanes of at least 4 members (excludes halogenated alkanes) is 1. The number of amides is 2. The van der Waals surface area contributed by atoms with Crippen LogP contribution in [-0.4, -0.2) is 63.9 Å². The number of ether oxygens (including phenoxy) is 3. The number of anilines is 1. The van der Waals surface area contributed by atoms with Gasteiger partial charge >= 0.3 is 0 Å². The molecule has 1 aliphatic heterocycles. The van der Waals surface area contributed by atoms with Crippen LogP contribution < -0.4 is 23.8 Å². The monoisotopic (exact) mass is 533 g/mol. The molecule has 1 heterocycles. The molecule has 0 saturated heterocycles. The molecule has 0 aliphatic carbocycles. The van der Waals surface area contributed by atoms with Crippen LogP contribution >= 0.6 is 0 Å². The highest BCUT2D eigenvalue weighted by Gasteiger charge is 2.31. The highest BCUT2D eigenvalue weighted by molar-refractivity contribution is 7.92. The number of nitrogens with one attached hydrogen (secondary N) is 1. The van der Waals surface area contributed by atoms with Gasteiger partial charge in [0.25, 0.3) is 0 Å². The Morgan fingerprint density at radius 2 is 1.86 bits per heavy atom. The van der Waals surface area contributed by atoms with Crippen LogP contribution in [0.4, 0.5) is 5.69 Å². The van der Waals surface area contributed by atoms with Gasteiger partial charge in [-0.1, -0.05) is 25.5 Å². The molecule has 0 spiro atoms. The molecule has 202 valence electrons. The number of fused-ring (bicyclic) bond motifs is 1. The van der Waals surface area contributed by atoms with Gasteiger partial charge in [0.15, 0.2) is 11.5 Å². The third kappa shape index (κ3) is 7.06. The number of carbonyl (C=O) groups is 2. The maximum atomic E-state index is 13.7. The second kappa shape index (κ2) is 12.7. The third-order valence-electron chi connectivity index (χ3n) is 6.11. The largest absolute Gasteiger partial charge is 0.497 e. The average molecular weight is 534 g/mol. The SMILES string of the molecule is CCCCNC(=O)[C@H](C)N(Cc1cccc(OC)c1)C(=O)CN(c1ccc2c(c1)OCO2)S(=O)(=O)CC. The average Bonchev–Trinajstić information content (AvgIpc) is 3.38. The number of carbonyl (C=O) groups excluding carboxylic acids is 2. The summed E-state index contributed by atoms with van der Waals surface area (Å²) < 4.78 is 43.2. The van der Waals surface area contributed by atoms with E-state index in [0.717, 1.165) is 22.7 Å². The van der Waals surface area contributed by atoms with E-state index in [9.17, 15) is 18.0 Å². The first-order valence-corrected chi connectivity index (χ1v) is 13.9. The van der Waals surface area contributed by atoms with E-state index in [-0.39, 0.29) is 30.7 Å². The Bertz CT molecular complexity index is 1200. The molecule has 0 saturated carbocycles. The third-order valence-corrected chi connectivity index (χ3v) is 7.85. The van der Waals surface area contributed by atoms with Gasteiger partial charge in [-0.3, -0.25) is 13.9 Å². The molecule has 2 aromatic rings. The minimum atomic E-state index is -3.84. The first-order chi connectivity index (χ1) is 17.7. The summed E-state index contributed by atoms with van der Waals surface area (Å²) in [5.74, 6) is 0.477. The van der Waals surface area contributed by atoms with Crippen molar-refractivity contribution in [2.45, 2.75) is 46.2 Å². The van der Waals surface area contributed by atoms with Gasteiger partial charge in [-0.2, -0.15) is 0 Å². The van der Waals surface area contributed by atoms with Crippen molar-refractivity contribution in [1.82, 2.24) is 10.2 Å². The summed E-state index contributed by atoms with van der Waals surface area (Å²) in [5.41, 5.74) is 1.02. The van der Waals surface area contributed by atoms with Gasteiger partial charge < -0.3 is 24.4 Å². The van der Waals surface area contributed by atoms with Gasteiger partial charge in [0.1, 0.15) is 18.3 Å². The Balaban J connectivity index is 1.92. The predicted octanol–water partition coefficient (Wildman–Crippen LogP) is 2.91. The van der Waals surface area contributed by atoms with Crippen LogP contribution in [0.15, 0.2) is 42.5 Å². The minimum absolute atomic E-state index is 0.0389. The molecule has 1 aliphatic rings. The smallest absolute Gasteiger partial charge is 0.244 e. The lowest BCUT2D eigenvalue weighted by molar-refractivity contribution is -0.139. The number of rotatable bonds is 13. The molecule has 3 rings (SSSR count). The quantitative estimate of drug-likeness (QED) is 0.394. The molecule has 2 aromatic carbocycles. The van der Waals surface area contributed by atoms with E-state index in [4.69, 9.17) is 14.2 Å². The van der Waals surface area contributed by atoms with E-state index < -0.39 is 28.5 Å². The molecule has 0 radical (unpaired) electrons. The van der Waals surface area contributed by atoms with Crippen LogP contribution in [0.3, 0.4) is 0 Å². The number of benzene rings is 2. The van der Waals surface area contributed by atoms with Gasteiger partial charge in [-0.25, -0.2) is 8.42 Å². The predicted molar refractivity (Wildman–Crippen MR) is 140 cm³/mol. The molecule has 2 amide bonds. The minimum Gasteiger partial charge on any atom is -0.497 e. The highest BCUT2D eigenvalue weighted by Crippen LogP contribution is 2.36. The maximum Gasteiger partial charge on any atom is 0.244 e. The molecule has 11 heteroatoms. The van der Waals surface area contributed by atoms with Crippen LogP contribution in [0.1, 0.15) is 39.2 Å². The molecule has 0 fully saturated rings. The number of nitrogens with zero attached hydrogens (tertiary/aromatic N) is 2. The Morgan fingerprint density at radius 3 is 2.57 bits per heavy atom. The van der Waals surface area contributed by atoms with Crippen molar-refractivity contribution in [2.24, 2.45) is 0 Å². The normalized spacial score (nSPS) is 13.1. The second-order valence-corrected chi connectivity index (χ2v) is 10.8. The molecule has 1 N–H and O–H groups in total. The van der Waals surface area contributed by atoms with E-state index in [2.05, 4.69) is 5.32 Å². The van der Waals surface area contributed by atoms with Gasteiger partial charge in [-0.05, 0) is 50.1 Å². The lowest BCUT2D eigenvalue weighted by atomic mass is 10.1. The topological polar surface area (TPSA) is 114 Å². The number of methoxy groups -OCH3 is 1. The van der Waals surface area contributed by atoms with Crippen LogP contribution in [0.5, 0.6) is 17.2 Å². The highest BCUT2D eigenvalue weighted by atomic mass is 32.2. The van der Waals surface area contributed by atoms with Crippen molar-refractivity contribution in [3.05, 3.63) is 48.0 Å². The van der Waals surface area contributed by atoms with Crippen LogP contribution in [0.2, 0.25) is 0 Å². The number of sulfonamides is 1. The van der Waals surface area contributed by atoms with Crippen molar-refractivity contribution in [1.29, 1.82) is 0 Å². The van der Waals surface area contributed by atoms with E-state index in [1.165, 1.54) is 17.9 Å². The van der Waals surface area contributed by atoms with E-state index in [0.29, 0.717) is 23.8 Å². The molecular formula is C26H35N3O7S. The Labute approximate surface area is 218 Å². The molecule has 1 atom stereocenters. The fourth-order valence-corrected chi connectivity index (χ4v) is 4.90. The van der Waals surface area contributed by atoms with E-state index in [1.807, 2.05) is 13.0 Å².